The predicted octanol–water partition coefficient (Wildman–Crippen LogP) is 0.0779. The molecule has 0 bridgehead atoms. The van der Waals surface area contributed by atoms with Gasteiger partial charge in [0.2, 0.25) is 0 Å². The number of Topliss-reactive ketones (excluding diaryl/α,β-unsaturated/α-hetero) is 1. The third-order valence-corrected chi connectivity index (χ3v) is 5.58. The molecule has 0 spiro atoms. The molecule has 9 heteroatoms. The van der Waals surface area contributed by atoms with Crippen molar-refractivity contribution in [3.05, 3.63) is 57.7 Å². The maximum atomic E-state index is 12.7. The van der Waals surface area contributed by atoms with E-state index in [0.29, 0.717) is 0 Å². The summed E-state index contributed by atoms with van der Waals surface area (Å²) >= 11 is 0. The molecule has 0 heterocycles. The largest absolute Gasteiger partial charge is 0.508 e. The fourth-order valence-corrected chi connectivity index (χ4v) is 4.10. The highest BCUT2D eigenvalue weighted by molar-refractivity contribution is 6.20. The topological polar surface area (TPSA) is 178 Å². The summed E-state index contributed by atoms with van der Waals surface area (Å²) in [6.45, 7) is 0.883. The van der Waals surface area contributed by atoms with Gasteiger partial charge in [0.05, 0.1) is 15.3 Å². The summed E-state index contributed by atoms with van der Waals surface area (Å²) in [7, 11) is 0. The van der Waals surface area contributed by atoms with E-state index in [2.05, 4.69) is 0 Å². The molecular formula is C20H19NO8. The van der Waals surface area contributed by atoms with E-state index in [1.807, 2.05) is 0 Å². The van der Waals surface area contributed by atoms with Gasteiger partial charge in [-0.15, -0.1) is 0 Å². The Balaban J connectivity index is 2.21. The van der Waals surface area contributed by atoms with Crippen LogP contribution in [0.4, 0.5) is 0 Å². The van der Waals surface area contributed by atoms with Gasteiger partial charge in [0.1, 0.15) is 22.9 Å². The third-order valence-electron chi connectivity index (χ3n) is 5.58. The van der Waals surface area contributed by atoms with Gasteiger partial charge in [-0.25, -0.2) is 0 Å². The first-order chi connectivity index (χ1) is 15.8. The highest BCUT2D eigenvalue weighted by atomic mass is 16.4. The minimum absolute atomic E-state index is 0.752. The Labute approximate surface area is 172 Å². The molecule has 0 fully saturated rings. The highest BCUT2D eigenvalue weighted by Gasteiger charge is 2.61. The van der Waals surface area contributed by atoms with Crippen molar-refractivity contribution in [1.82, 2.24) is 0 Å². The minimum Gasteiger partial charge on any atom is -0.508 e. The first-order valence-electron chi connectivity index (χ1n) is 11.4. The lowest BCUT2D eigenvalue weighted by Gasteiger charge is -2.50. The van der Waals surface area contributed by atoms with E-state index < -0.39 is 111 Å². The zero-order chi connectivity index (χ0) is 26.8. The summed E-state index contributed by atoms with van der Waals surface area (Å²) in [4.78, 5) is 37.2. The molecule has 0 saturated heterocycles. The number of hydrogen-bond acceptors (Lipinski definition) is 8. The molecule has 4 rings (SSSR count). The molecule has 0 saturated carbocycles. The Morgan fingerprint density at radius 1 is 1.31 bits per heavy atom. The Hall–Kier alpha value is -3.17. The van der Waals surface area contributed by atoms with Crippen molar-refractivity contribution in [1.29, 1.82) is 0 Å². The predicted molar refractivity (Wildman–Crippen MR) is 97.2 cm³/mol. The number of amides is 1. The number of hydrogen-bond donors (Lipinski definition) is 6. The van der Waals surface area contributed by atoms with Crippen LogP contribution in [0.25, 0.3) is 0 Å². The second-order valence-electron chi connectivity index (χ2n) is 7.16. The minimum atomic E-state index is -3.30. The van der Waals surface area contributed by atoms with Gasteiger partial charge in [-0.2, -0.15) is 0 Å². The maximum Gasteiger partial charge on any atom is 0.255 e. The lowest BCUT2D eigenvalue weighted by molar-refractivity contribution is -0.129. The molecular weight excluding hydrogens is 382 g/mol. The summed E-state index contributed by atoms with van der Waals surface area (Å²) in [5.74, 6) is -14.0. The zero-order valence-corrected chi connectivity index (χ0v) is 14.8. The van der Waals surface area contributed by atoms with Crippen LogP contribution in [0.2, 0.25) is 0 Å². The van der Waals surface area contributed by atoms with E-state index in [0.717, 1.165) is 6.92 Å². The molecule has 152 valence electrons. The van der Waals surface area contributed by atoms with E-state index in [1.165, 1.54) is 0 Å². The molecule has 29 heavy (non-hydrogen) atoms. The molecule has 0 radical (unpaired) electrons. The number of carbonyl (C=O) groups excluding carboxylic acids is 3. The number of primary amides is 1. The van der Waals surface area contributed by atoms with Crippen LogP contribution in [0.5, 0.6) is 0 Å². The van der Waals surface area contributed by atoms with Gasteiger partial charge in [0, 0.05) is 27.9 Å². The summed E-state index contributed by atoms with van der Waals surface area (Å²) < 4.78 is 49.2. The third kappa shape index (κ3) is 2.19. The van der Waals surface area contributed by atoms with Crippen LogP contribution in [-0.2, 0) is 14.4 Å². The zero-order valence-electron chi connectivity index (χ0n) is 20.8. The molecule has 4 aliphatic rings. The summed E-state index contributed by atoms with van der Waals surface area (Å²) in [6, 6.07) is -2.86. The van der Waals surface area contributed by atoms with Crippen LogP contribution in [0.1, 0.15) is 27.9 Å². The molecule has 1 amide bonds. The van der Waals surface area contributed by atoms with Gasteiger partial charge in [-0.05, 0) is 25.0 Å². The van der Waals surface area contributed by atoms with E-state index in [-0.39, 0.29) is 0 Å². The lowest BCUT2D eigenvalue weighted by Crippen LogP contribution is -2.57. The van der Waals surface area contributed by atoms with Crippen LogP contribution in [0.15, 0.2) is 57.7 Å². The summed E-state index contributed by atoms with van der Waals surface area (Å²) in [5.41, 5.74) is -5.07. The van der Waals surface area contributed by atoms with Crippen molar-refractivity contribution in [3.63, 3.8) is 0 Å². The molecule has 3 unspecified atom stereocenters. The Morgan fingerprint density at radius 2 is 1.97 bits per heavy atom. The van der Waals surface area contributed by atoms with Gasteiger partial charge >= 0.3 is 0 Å². The van der Waals surface area contributed by atoms with Crippen LogP contribution in [0, 0.1) is 11.8 Å². The van der Waals surface area contributed by atoms with E-state index >= 15 is 0 Å². The van der Waals surface area contributed by atoms with Crippen LogP contribution >= 0.6 is 0 Å². The second-order valence-corrected chi connectivity index (χ2v) is 7.16. The number of fused-ring (bicyclic) bond motifs is 3. The number of aliphatic hydroxyl groups excluding tert-OH is 3. The Kier molecular flexibility index (Phi) is 2.57. The molecule has 4 atom stereocenters. The van der Waals surface area contributed by atoms with Gasteiger partial charge in [-0.3, -0.25) is 14.4 Å². The molecule has 0 aliphatic heterocycles. The Bertz CT molecular complexity index is 1340. The van der Waals surface area contributed by atoms with Gasteiger partial charge < -0.3 is 31.3 Å². The fourth-order valence-electron chi connectivity index (χ4n) is 4.10. The Morgan fingerprint density at radius 3 is 2.59 bits per heavy atom. The number of allylic oxidation sites excluding steroid dienone is 4. The van der Waals surface area contributed by atoms with Gasteiger partial charge in [0.25, 0.3) is 5.91 Å². The first-order valence-corrected chi connectivity index (χ1v) is 8.36. The summed E-state index contributed by atoms with van der Waals surface area (Å²) in [5, 5.41) is 55.5. The van der Waals surface area contributed by atoms with E-state index in [9.17, 15) is 39.9 Å². The van der Waals surface area contributed by atoms with Crippen molar-refractivity contribution in [3.8, 4) is 0 Å². The molecule has 0 aromatic heterocycles. The second kappa shape index (κ2) is 5.68. The normalized spacial score (nSPS) is 44.9. The van der Waals surface area contributed by atoms with Crippen LogP contribution in [0.3, 0.4) is 0 Å². The van der Waals surface area contributed by atoms with Crippen molar-refractivity contribution >= 4 is 17.5 Å². The van der Waals surface area contributed by atoms with Gasteiger partial charge in [-0.1, -0.05) is 12.1 Å². The highest BCUT2D eigenvalue weighted by Crippen LogP contribution is 2.56. The monoisotopic (exact) mass is 407 g/mol. The SMILES string of the molecule is [2H]C1=C([2H])C([2H])=C2C(=C(O)C3=C(O)[C@]4(O)C(O)=C(C(N)=O)C(=O)C([2H])([2H])C4CC3([2H])C2(C)O)C1=O. The number of ketones is 2. The van der Waals surface area contributed by atoms with Crippen LogP contribution < -0.4 is 5.73 Å². The van der Waals surface area contributed by atoms with Crippen molar-refractivity contribution in [2.24, 2.45) is 17.5 Å². The van der Waals surface area contributed by atoms with Crippen molar-refractivity contribution in [2.45, 2.75) is 30.9 Å². The van der Waals surface area contributed by atoms with E-state index in [1.54, 1.807) is 0 Å². The lowest BCUT2D eigenvalue weighted by atomic mass is 9.57. The molecule has 9 nitrogen and oxygen atoms in total. The number of rotatable bonds is 1. The first kappa shape index (κ1) is 13.1. The van der Waals surface area contributed by atoms with Crippen molar-refractivity contribution < 1.29 is 48.1 Å². The average Bonchev–Trinajstić information content (AvgIpc) is 2.74. The average molecular weight is 407 g/mol. The smallest absolute Gasteiger partial charge is 0.255 e. The van der Waals surface area contributed by atoms with E-state index in [4.69, 9.17) is 14.0 Å². The quantitative estimate of drug-likeness (QED) is 0.331. The van der Waals surface area contributed by atoms with Gasteiger partial charge in [0.15, 0.2) is 17.2 Å². The van der Waals surface area contributed by atoms with Crippen LogP contribution in [-0.4, -0.2) is 54.2 Å². The summed E-state index contributed by atoms with van der Waals surface area (Å²) in [6.07, 6.45) is -4.35. The fraction of sp³-hybridized carbons (Fsp3) is 0.350. The molecule has 0 aromatic carbocycles. The number of aliphatic hydroxyl groups is 5. The maximum absolute atomic E-state index is 12.7. The number of nitrogens with two attached hydrogens (primary N) is 1. The van der Waals surface area contributed by atoms with Crippen molar-refractivity contribution in [2.75, 3.05) is 0 Å². The molecule has 7 N–H and O–H groups in total. The molecule has 4 aliphatic carbocycles. The number of carbonyl (C=O) groups is 3. The standard InChI is InChI=1S/C20H19NO8/c1-19(28)8-3-2-4-10(22)12(8)15(24)13-9(19)5-7-6-11(23)14(18(21)27)17(26)20(7,29)16(13)25/h2-4,7,9,24-26,28-29H,5-6H2,1H3,(H2,21,27)/t7?,9?,19?,20-/m0/s1/i2D,3D,4D,6D2,9D. The molecule has 0 aromatic rings.